The molecule has 14 heteroatoms. The number of anilines is 1. The highest BCUT2D eigenvalue weighted by molar-refractivity contribution is 5.75. The number of nitrogens with zero attached hydrogens (tertiary/aromatic N) is 9. The van der Waals surface area contributed by atoms with Gasteiger partial charge in [-0.05, 0) is 19.1 Å². The van der Waals surface area contributed by atoms with E-state index in [1.54, 1.807) is 21.8 Å². The second kappa shape index (κ2) is 11.7. The molecule has 1 atom stereocenters. The predicted octanol–water partition coefficient (Wildman–Crippen LogP) is 2.38. The number of aryl methyl sites for hydroxylation is 1. The number of ether oxygens (including phenoxy) is 2. The number of esters is 1. The highest BCUT2D eigenvalue weighted by atomic mass is 16.5. The number of carbonyl (C=O) groups excluding carboxylic acids is 1. The van der Waals surface area contributed by atoms with Crippen LogP contribution in [0.2, 0.25) is 0 Å². The van der Waals surface area contributed by atoms with Crippen molar-refractivity contribution in [3.05, 3.63) is 84.7 Å². The molecule has 0 spiro atoms. The molecule has 6 aromatic rings. The van der Waals surface area contributed by atoms with Crippen LogP contribution in [-0.2, 0) is 27.4 Å². The highest BCUT2D eigenvalue weighted by Crippen LogP contribution is 2.26. The number of morpholine rings is 1. The van der Waals surface area contributed by atoms with Crippen molar-refractivity contribution in [2.45, 2.75) is 26.1 Å². The van der Waals surface area contributed by atoms with E-state index >= 15 is 0 Å². The summed E-state index contributed by atoms with van der Waals surface area (Å²) in [4.78, 5) is 26.7. The SMILES string of the molecule is Cc1cc(-c2cc3nc(-n4ccc(-c5ccccc5)n4)cc(N4CCOCC4)n3n2)nn1COC(=O)[C@@H](N)Cc1ncc[nH]1. The zero-order valence-corrected chi connectivity index (χ0v) is 24.1. The van der Waals surface area contributed by atoms with Crippen molar-refractivity contribution in [1.82, 2.24) is 44.1 Å². The third-order valence-electron chi connectivity index (χ3n) is 7.47. The molecule has 1 aliphatic rings. The molecule has 1 aliphatic heterocycles. The molecule has 0 unspecified atom stereocenters. The Labute approximate surface area is 252 Å². The monoisotopic (exact) mass is 593 g/mol. The molecule has 0 aliphatic carbocycles. The summed E-state index contributed by atoms with van der Waals surface area (Å²) >= 11 is 0. The van der Waals surface area contributed by atoms with Crippen molar-refractivity contribution in [2.75, 3.05) is 31.2 Å². The normalized spacial score (nSPS) is 14.3. The maximum Gasteiger partial charge on any atom is 0.325 e. The van der Waals surface area contributed by atoms with Gasteiger partial charge < -0.3 is 25.1 Å². The van der Waals surface area contributed by atoms with Crippen molar-refractivity contribution < 1.29 is 14.3 Å². The molecule has 224 valence electrons. The molecule has 0 amide bonds. The Morgan fingerprint density at radius 1 is 1.05 bits per heavy atom. The van der Waals surface area contributed by atoms with E-state index in [-0.39, 0.29) is 13.2 Å². The summed E-state index contributed by atoms with van der Waals surface area (Å²) < 4.78 is 16.3. The van der Waals surface area contributed by atoms with Crippen molar-refractivity contribution in [1.29, 1.82) is 0 Å². The van der Waals surface area contributed by atoms with E-state index in [1.165, 1.54) is 0 Å². The van der Waals surface area contributed by atoms with Gasteiger partial charge in [0.2, 0.25) is 0 Å². The Kier molecular flexibility index (Phi) is 7.33. The zero-order chi connectivity index (χ0) is 30.0. The van der Waals surface area contributed by atoms with E-state index in [0.29, 0.717) is 41.9 Å². The van der Waals surface area contributed by atoms with Crippen LogP contribution in [0.1, 0.15) is 11.5 Å². The van der Waals surface area contributed by atoms with Crippen LogP contribution in [0.25, 0.3) is 34.1 Å². The lowest BCUT2D eigenvalue weighted by Gasteiger charge is -2.29. The minimum atomic E-state index is -0.840. The molecule has 6 heterocycles. The second-order valence-electron chi connectivity index (χ2n) is 10.5. The largest absolute Gasteiger partial charge is 0.441 e. The van der Waals surface area contributed by atoms with Gasteiger partial charge in [0.25, 0.3) is 0 Å². The lowest BCUT2D eigenvalue weighted by molar-refractivity contribution is -0.149. The lowest BCUT2D eigenvalue weighted by Crippen LogP contribution is -2.37. The molecule has 0 saturated carbocycles. The van der Waals surface area contributed by atoms with Gasteiger partial charge in [-0.1, -0.05) is 30.3 Å². The van der Waals surface area contributed by atoms with Crippen LogP contribution in [0.4, 0.5) is 5.82 Å². The van der Waals surface area contributed by atoms with Crippen LogP contribution >= 0.6 is 0 Å². The molecular weight excluding hydrogens is 562 g/mol. The molecule has 7 rings (SSSR count). The van der Waals surface area contributed by atoms with Crippen molar-refractivity contribution in [2.24, 2.45) is 5.73 Å². The van der Waals surface area contributed by atoms with Crippen molar-refractivity contribution in [3.8, 4) is 28.5 Å². The number of hydrogen-bond donors (Lipinski definition) is 2. The van der Waals surface area contributed by atoms with E-state index in [9.17, 15) is 4.79 Å². The number of aromatic nitrogens is 9. The maximum absolute atomic E-state index is 12.5. The molecule has 0 bridgehead atoms. The van der Waals surface area contributed by atoms with E-state index in [4.69, 9.17) is 30.4 Å². The molecule has 1 fully saturated rings. The van der Waals surface area contributed by atoms with Gasteiger partial charge >= 0.3 is 5.97 Å². The average Bonchev–Trinajstić information content (AvgIpc) is 3.87. The van der Waals surface area contributed by atoms with Crippen molar-refractivity contribution in [3.63, 3.8) is 0 Å². The van der Waals surface area contributed by atoms with Gasteiger partial charge in [-0.3, -0.25) is 4.79 Å². The standard InChI is InChI=1S/C30H31N11O3/c1-20-15-24(36-40(20)19-44-30(42)22(31)16-26-32-8-9-33-26)25-17-28-34-27(18-29(41(28)37-25)38-11-13-43-14-12-38)39-10-7-23(35-39)21-5-3-2-4-6-21/h2-10,15,17-18,22H,11-14,16,19,31H2,1H3,(H,32,33)/t22-/m0/s1. The fraction of sp³-hybridized carbons (Fsp3) is 0.267. The number of nitrogens with one attached hydrogen (secondary N) is 1. The van der Waals surface area contributed by atoms with Gasteiger partial charge in [-0.15, -0.1) is 0 Å². The number of benzene rings is 1. The Balaban J connectivity index is 1.17. The van der Waals surface area contributed by atoms with Crippen LogP contribution in [0.15, 0.2) is 73.2 Å². The molecular formula is C30H31N11O3. The number of carbonyl (C=O) groups is 1. The van der Waals surface area contributed by atoms with Gasteiger partial charge in [0.1, 0.15) is 29.1 Å². The maximum atomic E-state index is 12.5. The molecule has 5 aromatic heterocycles. The highest BCUT2D eigenvalue weighted by Gasteiger charge is 2.21. The second-order valence-corrected chi connectivity index (χ2v) is 10.5. The zero-order valence-electron chi connectivity index (χ0n) is 24.1. The van der Waals surface area contributed by atoms with Gasteiger partial charge in [0.15, 0.2) is 18.2 Å². The molecule has 0 radical (unpaired) electrons. The van der Waals surface area contributed by atoms with Gasteiger partial charge in [-0.2, -0.15) is 19.8 Å². The summed E-state index contributed by atoms with van der Waals surface area (Å²) in [5.74, 6) is 1.64. The van der Waals surface area contributed by atoms with Crippen molar-refractivity contribution >= 4 is 17.4 Å². The predicted molar refractivity (Wildman–Crippen MR) is 161 cm³/mol. The molecule has 14 nitrogen and oxygen atoms in total. The first-order valence-corrected chi connectivity index (χ1v) is 14.3. The van der Waals surface area contributed by atoms with E-state index in [2.05, 4.69) is 20.0 Å². The first-order chi connectivity index (χ1) is 21.5. The van der Waals surface area contributed by atoms with Crippen LogP contribution < -0.4 is 10.6 Å². The van der Waals surface area contributed by atoms with E-state index in [0.717, 1.165) is 35.9 Å². The summed E-state index contributed by atoms with van der Waals surface area (Å²) in [6, 6.07) is 17.0. The fourth-order valence-corrected chi connectivity index (χ4v) is 5.12. The average molecular weight is 594 g/mol. The van der Waals surface area contributed by atoms with E-state index < -0.39 is 12.0 Å². The van der Waals surface area contributed by atoms with Gasteiger partial charge in [-0.25, -0.2) is 19.3 Å². The Bertz CT molecular complexity index is 1890. The number of nitrogens with two attached hydrogens (primary N) is 1. The number of aromatic amines is 1. The molecule has 1 saturated heterocycles. The third kappa shape index (κ3) is 5.55. The smallest absolute Gasteiger partial charge is 0.325 e. The number of rotatable bonds is 9. The molecule has 1 aromatic carbocycles. The summed E-state index contributed by atoms with van der Waals surface area (Å²) in [6.45, 7) is 4.52. The number of imidazole rings is 1. The number of H-pyrrole nitrogens is 1. The third-order valence-corrected chi connectivity index (χ3v) is 7.47. The molecule has 44 heavy (non-hydrogen) atoms. The summed E-state index contributed by atoms with van der Waals surface area (Å²) in [7, 11) is 0. The Morgan fingerprint density at radius 2 is 1.86 bits per heavy atom. The topological polar surface area (TPSA) is 159 Å². The Hall–Kier alpha value is -5.34. The van der Waals surface area contributed by atoms with Gasteiger partial charge in [0.05, 0.1) is 18.9 Å². The van der Waals surface area contributed by atoms with Crippen LogP contribution in [0, 0.1) is 6.92 Å². The summed E-state index contributed by atoms with van der Waals surface area (Å²) in [5.41, 5.74) is 10.6. The summed E-state index contributed by atoms with van der Waals surface area (Å²) in [5, 5.41) is 14.4. The minimum Gasteiger partial charge on any atom is -0.441 e. The fourth-order valence-electron chi connectivity index (χ4n) is 5.12. The first-order valence-electron chi connectivity index (χ1n) is 14.3. The first kappa shape index (κ1) is 27.5. The minimum absolute atomic E-state index is 0.0750. The van der Waals surface area contributed by atoms with Crippen LogP contribution in [-0.4, -0.2) is 82.4 Å². The molecule has 3 N–H and O–H groups in total. The number of fused-ring (bicyclic) bond motifs is 1. The van der Waals surface area contributed by atoms with Gasteiger partial charge in [0, 0.05) is 61.5 Å². The quantitative estimate of drug-likeness (QED) is 0.238. The van der Waals surface area contributed by atoms with Crippen LogP contribution in [0.5, 0.6) is 0 Å². The Morgan fingerprint density at radius 3 is 2.66 bits per heavy atom. The van der Waals surface area contributed by atoms with E-state index in [1.807, 2.05) is 72.2 Å². The number of hydrogen-bond acceptors (Lipinski definition) is 10. The lowest BCUT2D eigenvalue weighted by atomic mass is 10.2. The van der Waals surface area contributed by atoms with Crippen LogP contribution in [0.3, 0.4) is 0 Å². The summed E-state index contributed by atoms with van der Waals surface area (Å²) in [6.07, 6.45) is 5.46.